The number of furan rings is 1. The molecule has 0 radical (unpaired) electrons. The van der Waals surface area contributed by atoms with E-state index in [0.717, 1.165) is 21.9 Å². The van der Waals surface area contributed by atoms with E-state index in [0.29, 0.717) is 0 Å². The van der Waals surface area contributed by atoms with Gasteiger partial charge in [0.25, 0.3) is 0 Å². The maximum Gasteiger partial charge on any atom is 0.343 e. The largest absolute Gasteiger partial charge is 0.456 e. The molecule has 0 atom stereocenters. The molecule has 55 heavy (non-hydrogen) atoms. The molecular formula is C50H45BN2OS. The predicted molar refractivity (Wildman–Crippen MR) is 239 cm³/mol. The topological polar surface area (TPSA) is 21.3 Å². The van der Waals surface area contributed by atoms with Crippen molar-refractivity contribution in [3.8, 4) is 16.8 Å². The number of aromatic nitrogens is 1. The van der Waals surface area contributed by atoms with Crippen LogP contribution >= 0.6 is 11.3 Å². The van der Waals surface area contributed by atoms with Gasteiger partial charge in [-0.25, -0.2) is 0 Å². The smallest absolute Gasteiger partial charge is 0.343 e. The number of hydrogen-bond donors (Lipinski definition) is 0. The van der Waals surface area contributed by atoms with Crippen molar-refractivity contribution < 1.29 is 4.42 Å². The number of thiophene rings is 1. The van der Waals surface area contributed by atoms with Gasteiger partial charge in [0.05, 0.1) is 16.7 Å². The summed E-state index contributed by atoms with van der Waals surface area (Å²) in [6.45, 7) is 20.8. The molecule has 0 amide bonds. The number of anilines is 2. The summed E-state index contributed by atoms with van der Waals surface area (Å²) in [6.07, 6.45) is 0. The minimum Gasteiger partial charge on any atom is -0.456 e. The molecule has 9 aromatic rings. The predicted octanol–water partition coefficient (Wildman–Crippen LogP) is 13.0. The molecule has 0 aliphatic carbocycles. The summed E-state index contributed by atoms with van der Waals surface area (Å²) >= 11 is 1.97. The van der Waals surface area contributed by atoms with Crippen molar-refractivity contribution in [2.45, 2.75) is 78.6 Å². The lowest BCUT2D eigenvalue weighted by molar-refractivity contribution is 0.590. The van der Waals surface area contributed by atoms with E-state index in [-0.39, 0.29) is 23.1 Å². The molecule has 0 saturated carbocycles. The Morgan fingerprint density at radius 1 is 0.545 bits per heavy atom. The van der Waals surface area contributed by atoms with Crippen LogP contribution in [0.1, 0.15) is 79.0 Å². The number of fused-ring (bicyclic) bond motifs is 13. The zero-order valence-electron chi connectivity index (χ0n) is 33.2. The Balaban J connectivity index is 1.32. The summed E-state index contributed by atoms with van der Waals surface area (Å²) in [6, 6.07) is 41.8. The lowest BCUT2D eigenvalue weighted by Gasteiger charge is -2.41. The number of benzene rings is 6. The Kier molecular flexibility index (Phi) is 6.46. The fraction of sp³-hybridized carbons (Fsp3) is 0.240. The first-order chi connectivity index (χ1) is 26.2. The van der Waals surface area contributed by atoms with Gasteiger partial charge in [0, 0.05) is 53.3 Å². The standard InChI is InChI=1S/C50H45BN2OS/c1-48(2,3)28-14-18-31(19-15-28)53-39-22-16-29(49(4,5)6)24-35(39)33-20-21-34-36-27-42-37(32-12-10-11-13-41(32)54-42)26-40(36)52-45(34)44(33)51(53)47-46(52)38-25-30(50(7,8)9)17-23-43(38)55-47/h10-27H,1-9H3. The maximum atomic E-state index is 6.54. The second-order valence-electron chi connectivity index (χ2n) is 19.0. The van der Waals surface area contributed by atoms with Gasteiger partial charge in [-0.15, -0.1) is 11.3 Å². The van der Waals surface area contributed by atoms with Gasteiger partial charge in [-0.05, 0) is 98.6 Å². The Hall–Kier alpha value is -5.26. The van der Waals surface area contributed by atoms with Crippen molar-refractivity contribution in [2.24, 2.45) is 0 Å². The maximum absolute atomic E-state index is 6.54. The highest BCUT2D eigenvalue weighted by atomic mass is 32.1. The minimum absolute atomic E-state index is 0.00158. The second kappa shape index (κ2) is 10.7. The van der Waals surface area contributed by atoms with Gasteiger partial charge in [0.2, 0.25) is 0 Å². The molecule has 0 bridgehead atoms. The lowest BCUT2D eigenvalue weighted by atomic mass is 9.47. The lowest BCUT2D eigenvalue weighted by Crippen LogP contribution is -2.59. The van der Waals surface area contributed by atoms with E-state index in [1.807, 2.05) is 11.3 Å². The first kappa shape index (κ1) is 33.1. The molecule has 6 aromatic carbocycles. The van der Waals surface area contributed by atoms with E-state index in [1.54, 1.807) is 0 Å². The van der Waals surface area contributed by atoms with Crippen LogP contribution in [-0.2, 0) is 16.2 Å². The molecule has 0 spiro atoms. The van der Waals surface area contributed by atoms with Gasteiger partial charge < -0.3 is 13.8 Å². The minimum atomic E-state index is -0.00158. The monoisotopic (exact) mass is 732 g/mol. The van der Waals surface area contributed by atoms with Crippen LogP contribution in [0, 0.1) is 0 Å². The summed E-state index contributed by atoms with van der Waals surface area (Å²) < 4.78 is 11.9. The molecule has 3 nitrogen and oxygen atoms in total. The molecule has 5 heterocycles. The molecule has 0 N–H and O–H groups in total. The van der Waals surface area contributed by atoms with Crippen LogP contribution in [0.4, 0.5) is 11.4 Å². The van der Waals surface area contributed by atoms with E-state index in [9.17, 15) is 0 Å². The highest BCUT2D eigenvalue weighted by molar-refractivity contribution is 7.32. The van der Waals surface area contributed by atoms with Crippen LogP contribution < -0.4 is 15.1 Å². The zero-order valence-corrected chi connectivity index (χ0v) is 34.0. The van der Waals surface area contributed by atoms with Crippen molar-refractivity contribution in [1.82, 2.24) is 4.57 Å². The van der Waals surface area contributed by atoms with Crippen molar-refractivity contribution in [3.05, 3.63) is 126 Å². The fourth-order valence-corrected chi connectivity index (χ4v) is 10.7. The van der Waals surface area contributed by atoms with Gasteiger partial charge >= 0.3 is 6.85 Å². The van der Waals surface area contributed by atoms with Gasteiger partial charge in [0.1, 0.15) is 11.2 Å². The SMILES string of the molecule is CC(C)(C)c1ccc(N2B3c4sc5ccc(C(C)(C)C)cc5c4-n4c5cc6c(cc5c5ccc(c3c54)-c3cc(C(C)(C)C)ccc32)oc2ccccc26)cc1. The van der Waals surface area contributed by atoms with Gasteiger partial charge in [-0.3, -0.25) is 0 Å². The Morgan fingerprint density at radius 2 is 1.24 bits per heavy atom. The van der Waals surface area contributed by atoms with E-state index < -0.39 is 0 Å². The van der Waals surface area contributed by atoms with Crippen LogP contribution in [0.5, 0.6) is 0 Å². The van der Waals surface area contributed by atoms with E-state index >= 15 is 0 Å². The molecule has 270 valence electrons. The van der Waals surface area contributed by atoms with Crippen molar-refractivity contribution in [1.29, 1.82) is 0 Å². The summed E-state index contributed by atoms with van der Waals surface area (Å²) in [5.74, 6) is 0. The first-order valence-corrected chi connectivity index (χ1v) is 20.5. The molecule has 2 aliphatic rings. The van der Waals surface area contributed by atoms with Crippen molar-refractivity contribution in [2.75, 3.05) is 4.81 Å². The zero-order chi connectivity index (χ0) is 37.9. The number of rotatable bonds is 1. The molecule has 0 fully saturated rings. The summed E-state index contributed by atoms with van der Waals surface area (Å²) in [7, 11) is 0. The molecule has 0 unspecified atom stereocenters. The summed E-state index contributed by atoms with van der Waals surface area (Å²) in [5.41, 5.74) is 16.4. The van der Waals surface area contributed by atoms with Crippen LogP contribution in [0.2, 0.25) is 0 Å². The molecule has 2 aliphatic heterocycles. The van der Waals surface area contributed by atoms with Crippen molar-refractivity contribution >= 4 is 93.6 Å². The van der Waals surface area contributed by atoms with Crippen molar-refractivity contribution in [3.63, 3.8) is 0 Å². The quantitative estimate of drug-likeness (QED) is 0.157. The highest BCUT2D eigenvalue weighted by Crippen LogP contribution is 2.49. The second-order valence-corrected chi connectivity index (χ2v) is 20.1. The molecular weight excluding hydrogens is 687 g/mol. The average molecular weight is 733 g/mol. The summed E-state index contributed by atoms with van der Waals surface area (Å²) in [5, 5.41) is 6.16. The molecule has 3 aromatic heterocycles. The van der Waals surface area contributed by atoms with Crippen LogP contribution in [0.15, 0.2) is 114 Å². The van der Waals surface area contributed by atoms with Crippen LogP contribution in [0.3, 0.4) is 0 Å². The van der Waals surface area contributed by atoms with E-state index in [2.05, 4.69) is 181 Å². The molecule has 0 saturated heterocycles. The van der Waals surface area contributed by atoms with Gasteiger partial charge in [0.15, 0.2) is 0 Å². The highest BCUT2D eigenvalue weighted by Gasteiger charge is 2.46. The van der Waals surface area contributed by atoms with Gasteiger partial charge in [-0.2, -0.15) is 0 Å². The number of para-hydroxylation sites is 1. The Bertz CT molecular complexity index is 3100. The fourth-order valence-electron chi connectivity index (χ4n) is 9.43. The third-order valence-corrected chi connectivity index (χ3v) is 13.7. The number of hydrogen-bond acceptors (Lipinski definition) is 3. The third kappa shape index (κ3) is 4.57. The van der Waals surface area contributed by atoms with Gasteiger partial charge in [-0.1, -0.05) is 117 Å². The van der Waals surface area contributed by atoms with Crippen LogP contribution in [0.25, 0.3) is 70.6 Å². The average Bonchev–Trinajstić information content (AvgIpc) is 3.81. The first-order valence-electron chi connectivity index (χ1n) is 19.7. The van der Waals surface area contributed by atoms with E-state index in [1.165, 1.54) is 87.0 Å². The molecule has 5 heteroatoms. The Labute approximate surface area is 327 Å². The van der Waals surface area contributed by atoms with Crippen LogP contribution in [-0.4, -0.2) is 11.4 Å². The van der Waals surface area contributed by atoms with E-state index in [4.69, 9.17) is 4.42 Å². The third-order valence-electron chi connectivity index (χ3n) is 12.4. The normalized spacial score (nSPS) is 14.2. The molecule has 11 rings (SSSR count). The summed E-state index contributed by atoms with van der Waals surface area (Å²) in [4.78, 5) is 2.66. The Morgan fingerprint density at radius 3 is 1.98 bits per heavy atom. The number of nitrogens with zero attached hydrogens (tertiary/aromatic N) is 2.